The molecule has 4 nitrogen and oxygen atoms in total. The molecule has 1 fully saturated rings. The molecule has 2 heterocycles. The quantitative estimate of drug-likeness (QED) is 0.902. The number of aryl methyl sites for hydroxylation is 1. The van der Waals surface area contributed by atoms with E-state index in [1.54, 1.807) is 11.3 Å². The normalized spacial score (nSPS) is 20.1. The summed E-state index contributed by atoms with van der Waals surface area (Å²) in [5, 5.41) is 11.9. The van der Waals surface area contributed by atoms with Gasteiger partial charge in [0, 0.05) is 25.1 Å². The predicted molar refractivity (Wildman–Crippen MR) is 71.6 cm³/mol. The smallest absolute Gasteiger partial charge is 0.228 e. The minimum absolute atomic E-state index is 0.169. The van der Waals surface area contributed by atoms with Crippen LogP contribution in [0.3, 0.4) is 0 Å². The van der Waals surface area contributed by atoms with Gasteiger partial charge < -0.3 is 10.0 Å². The molecule has 1 aliphatic heterocycles. The number of amides is 1. The van der Waals surface area contributed by atoms with E-state index < -0.39 is 0 Å². The average Bonchev–Trinajstić information content (AvgIpc) is 2.75. The zero-order valence-corrected chi connectivity index (χ0v) is 11.6. The van der Waals surface area contributed by atoms with Crippen LogP contribution < -0.4 is 0 Å². The molecule has 0 radical (unpaired) electrons. The summed E-state index contributed by atoms with van der Waals surface area (Å²) in [4.78, 5) is 18.4. The highest BCUT2D eigenvalue weighted by atomic mass is 32.1. The van der Waals surface area contributed by atoms with Crippen molar-refractivity contribution < 1.29 is 9.90 Å². The molecule has 0 spiro atoms. The van der Waals surface area contributed by atoms with Crippen LogP contribution >= 0.6 is 11.3 Å². The van der Waals surface area contributed by atoms with E-state index in [4.69, 9.17) is 5.11 Å². The van der Waals surface area contributed by atoms with Crippen LogP contribution in [0.4, 0.5) is 0 Å². The van der Waals surface area contributed by atoms with Gasteiger partial charge >= 0.3 is 0 Å². The second-order valence-electron chi connectivity index (χ2n) is 4.89. The molecule has 2 rings (SSSR count). The average molecular weight is 268 g/mol. The van der Waals surface area contributed by atoms with Gasteiger partial charge in [0.2, 0.25) is 5.91 Å². The molecule has 5 heteroatoms. The molecule has 1 saturated heterocycles. The van der Waals surface area contributed by atoms with Crippen molar-refractivity contribution in [3.05, 3.63) is 16.1 Å². The van der Waals surface area contributed by atoms with Crippen molar-refractivity contribution in [2.75, 3.05) is 19.7 Å². The Labute approximate surface area is 112 Å². The number of likely N-dealkylation sites (tertiary alicyclic amines) is 1. The van der Waals surface area contributed by atoms with Gasteiger partial charge in [-0.3, -0.25) is 4.79 Å². The number of nitrogens with zero attached hydrogens (tertiary/aromatic N) is 2. The maximum atomic E-state index is 12.2. The van der Waals surface area contributed by atoms with Gasteiger partial charge in [0.1, 0.15) is 0 Å². The largest absolute Gasteiger partial charge is 0.396 e. The molecule has 1 aromatic rings. The number of hydrogen-bond acceptors (Lipinski definition) is 4. The van der Waals surface area contributed by atoms with E-state index >= 15 is 0 Å². The van der Waals surface area contributed by atoms with Gasteiger partial charge in [0.15, 0.2) is 0 Å². The van der Waals surface area contributed by atoms with Gasteiger partial charge in [-0.25, -0.2) is 4.98 Å². The maximum Gasteiger partial charge on any atom is 0.228 e. The lowest BCUT2D eigenvalue weighted by atomic mass is 9.95. The van der Waals surface area contributed by atoms with Crippen LogP contribution in [0.2, 0.25) is 0 Å². The van der Waals surface area contributed by atoms with Crippen LogP contribution in [0, 0.1) is 12.8 Å². The highest BCUT2D eigenvalue weighted by Gasteiger charge is 2.23. The topological polar surface area (TPSA) is 53.4 Å². The Morgan fingerprint density at radius 3 is 3.17 bits per heavy atom. The first kappa shape index (κ1) is 13.5. The zero-order chi connectivity index (χ0) is 13.0. The van der Waals surface area contributed by atoms with E-state index in [9.17, 15) is 4.79 Å². The lowest BCUT2D eigenvalue weighted by Gasteiger charge is -2.32. The first-order valence-corrected chi connectivity index (χ1v) is 7.36. The summed E-state index contributed by atoms with van der Waals surface area (Å²) < 4.78 is 0. The molecule has 1 unspecified atom stereocenters. The van der Waals surface area contributed by atoms with Crippen LogP contribution in [0.5, 0.6) is 0 Å². The molecular formula is C13H20N2O2S. The third-order valence-corrected chi connectivity index (χ3v) is 4.23. The van der Waals surface area contributed by atoms with E-state index in [-0.39, 0.29) is 12.5 Å². The van der Waals surface area contributed by atoms with Crippen LogP contribution in [0.25, 0.3) is 0 Å². The summed E-state index contributed by atoms with van der Waals surface area (Å²) in [6.45, 7) is 3.82. The van der Waals surface area contributed by atoms with Crippen molar-refractivity contribution in [2.24, 2.45) is 5.92 Å². The first-order chi connectivity index (χ1) is 8.69. The van der Waals surface area contributed by atoms with Gasteiger partial charge in [0.25, 0.3) is 0 Å². The summed E-state index contributed by atoms with van der Waals surface area (Å²) in [5.74, 6) is 0.632. The number of aliphatic hydroxyl groups is 1. The Balaban J connectivity index is 1.88. The molecule has 1 N–H and O–H groups in total. The van der Waals surface area contributed by atoms with Crippen molar-refractivity contribution in [1.82, 2.24) is 9.88 Å². The second-order valence-corrected chi connectivity index (χ2v) is 5.96. The van der Waals surface area contributed by atoms with Gasteiger partial charge in [-0.2, -0.15) is 0 Å². The van der Waals surface area contributed by atoms with Crippen molar-refractivity contribution in [2.45, 2.75) is 32.6 Å². The molecule has 0 saturated carbocycles. The predicted octanol–water partition coefficient (Wildman–Crippen LogP) is 1.62. The molecule has 1 atom stereocenters. The Bertz CT molecular complexity index is 403. The van der Waals surface area contributed by atoms with Crippen molar-refractivity contribution in [3.8, 4) is 0 Å². The third-order valence-electron chi connectivity index (χ3n) is 3.41. The van der Waals surface area contributed by atoms with E-state index in [0.29, 0.717) is 12.3 Å². The minimum atomic E-state index is 0.169. The SMILES string of the molecule is Cc1nc(CC(=O)N2CCCC(CCO)C2)cs1. The first-order valence-electron chi connectivity index (χ1n) is 6.48. The van der Waals surface area contributed by atoms with E-state index in [1.165, 1.54) is 0 Å². The standard InChI is InChI=1S/C13H20N2O2S/c1-10-14-12(9-18-10)7-13(17)15-5-2-3-11(8-15)4-6-16/h9,11,16H,2-8H2,1H3. The molecule has 0 aromatic carbocycles. The highest BCUT2D eigenvalue weighted by molar-refractivity contribution is 7.09. The van der Waals surface area contributed by atoms with Crippen LogP contribution in [0.1, 0.15) is 30.0 Å². The maximum absolute atomic E-state index is 12.2. The minimum Gasteiger partial charge on any atom is -0.396 e. The lowest BCUT2D eigenvalue weighted by Crippen LogP contribution is -2.41. The molecule has 1 amide bonds. The molecule has 100 valence electrons. The van der Waals surface area contributed by atoms with Gasteiger partial charge in [-0.15, -0.1) is 11.3 Å². The van der Waals surface area contributed by atoms with Crippen molar-refractivity contribution in [1.29, 1.82) is 0 Å². The summed E-state index contributed by atoms with van der Waals surface area (Å²) in [5.41, 5.74) is 0.881. The van der Waals surface area contributed by atoms with Gasteiger partial charge in [-0.05, 0) is 32.1 Å². The number of piperidine rings is 1. The van der Waals surface area contributed by atoms with E-state index in [2.05, 4.69) is 4.98 Å². The highest BCUT2D eigenvalue weighted by Crippen LogP contribution is 2.20. The van der Waals surface area contributed by atoms with Gasteiger partial charge in [0.05, 0.1) is 17.1 Å². The number of aromatic nitrogens is 1. The Hall–Kier alpha value is -0.940. The number of carbonyl (C=O) groups excluding carboxylic acids is 1. The zero-order valence-electron chi connectivity index (χ0n) is 10.8. The fraction of sp³-hybridized carbons (Fsp3) is 0.692. The summed E-state index contributed by atoms with van der Waals surface area (Å²) in [7, 11) is 0. The molecule has 18 heavy (non-hydrogen) atoms. The molecule has 0 bridgehead atoms. The van der Waals surface area contributed by atoms with Crippen molar-refractivity contribution >= 4 is 17.2 Å². The number of rotatable bonds is 4. The number of aliphatic hydroxyl groups excluding tert-OH is 1. The third kappa shape index (κ3) is 3.53. The lowest BCUT2D eigenvalue weighted by molar-refractivity contribution is -0.132. The molecule has 1 aliphatic rings. The number of hydrogen-bond donors (Lipinski definition) is 1. The fourth-order valence-electron chi connectivity index (χ4n) is 2.47. The molecular weight excluding hydrogens is 248 g/mol. The van der Waals surface area contributed by atoms with Gasteiger partial charge in [-0.1, -0.05) is 0 Å². The molecule has 1 aromatic heterocycles. The summed E-state index contributed by atoms with van der Waals surface area (Å²) >= 11 is 1.59. The van der Waals surface area contributed by atoms with E-state index in [0.717, 1.165) is 43.1 Å². The fourth-order valence-corrected chi connectivity index (χ4v) is 3.08. The van der Waals surface area contributed by atoms with Crippen LogP contribution in [-0.4, -0.2) is 40.6 Å². The summed E-state index contributed by atoms with van der Waals surface area (Å²) in [6, 6.07) is 0. The van der Waals surface area contributed by atoms with Crippen LogP contribution in [-0.2, 0) is 11.2 Å². The van der Waals surface area contributed by atoms with Crippen LogP contribution in [0.15, 0.2) is 5.38 Å². The van der Waals surface area contributed by atoms with E-state index in [1.807, 2.05) is 17.2 Å². The Morgan fingerprint density at radius 2 is 2.50 bits per heavy atom. The molecule has 0 aliphatic carbocycles. The second kappa shape index (κ2) is 6.29. The summed E-state index contributed by atoms with van der Waals surface area (Å²) in [6.07, 6.45) is 3.39. The number of thiazole rings is 1. The van der Waals surface area contributed by atoms with Crippen molar-refractivity contribution in [3.63, 3.8) is 0 Å². The Kier molecular flexibility index (Phi) is 4.72. The monoisotopic (exact) mass is 268 g/mol. The number of carbonyl (C=O) groups is 1. The Morgan fingerprint density at radius 1 is 1.67 bits per heavy atom.